The summed E-state index contributed by atoms with van der Waals surface area (Å²) in [5, 5.41) is 18.4. The summed E-state index contributed by atoms with van der Waals surface area (Å²) in [7, 11) is 1.31. The Morgan fingerprint density at radius 2 is 2.09 bits per heavy atom. The molecule has 0 saturated heterocycles. The molecule has 0 spiro atoms. The van der Waals surface area contributed by atoms with Crippen molar-refractivity contribution in [1.82, 2.24) is 15.3 Å². The van der Waals surface area contributed by atoms with Crippen LogP contribution in [0, 0.1) is 0 Å². The zero-order chi connectivity index (χ0) is 22.9. The minimum absolute atomic E-state index is 0.00462. The van der Waals surface area contributed by atoms with E-state index in [0.717, 1.165) is 16.1 Å². The molecule has 1 aliphatic rings. The molecule has 4 N–H and O–H groups in total. The number of fused-ring (bicyclic) bond motifs is 2. The first-order chi connectivity index (χ1) is 16.0. The van der Waals surface area contributed by atoms with Gasteiger partial charge in [0.1, 0.15) is 28.6 Å². The van der Waals surface area contributed by atoms with E-state index in [4.69, 9.17) is 4.74 Å². The quantitative estimate of drug-likeness (QED) is 0.323. The Kier molecular flexibility index (Phi) is 5.47. The van der Waals surface area contributed by atoms with Gasteiger partial charge in [0.2, 0.25) is 0 Å². The number of para-hydroxylation sites is 1. The van der Waals surface area contributed by atoms with Gasteiger partial charge in [0.25, 0.3) is 5.91 Å². The SMILES string of the molecule is COC(=O)[C@H](CC1CNc2ccccc21)NC(=O)c1ccc(O)c2[nH]c(-c3cccs3)nc12. The molecular weight excluding hydrogens is 440 g/mol. The second-order valence-electron chi connectivity index (χ2n) is 7.87. The van der Waals surface area contributed by atoms with Gasteiger partial charge in [-0.15, -0.1) is 11.3 Å². The molecule has 4 aromatic rings. The zero-order valence-corrected chi connectivity index (χ0v) is 18.6. The number of carbonyl (C=O) groups is 2. The van der Waals surface area contributed by atoms with Gasteiger partial charge in [0, 0.05) is 18.2 Å². The number of carbonyl (C=O) groups excluding carboxylic acids is 2. The summed E-state index contributed by atoms with van der Waals surface area (Å²) in [4.78, 5) is 34.3. The van der Waals surface area contributed by atoms with Crippen LogP contribution in [-0.4, -0.2) is 46.6 Å². The van der Waals surface area contributed by atoms with Crippen molar-refractivity contribution in [2.45, 2.75) is 18.4 Å². The molecule has 0 radical (unpaired) electrons. The van der Waals surface area contributed by atoms with Crippen LogP contribution in [0.25, 0.3) is 21.7 Å². The van der Waals surface area contributed by atoms with Crippen LogP contribution >= 0.6 is 11.3 Å². The highest BCUT2D eigenvalue weighted by molar-refractivity contribution is 7.13. The fourth-order valence-electron chi connectivity index (χ4n) is 4.24. The average Bonchev–Trinajstić information content (AvgIpc) is 3.58. The number of phenols is 1. The first-order valence-electron chi connectivity index (χ1n) is 10.5. The molecule has 5 rings (SSSR count). The van der Waals surface area contributed by atoms with Crippen molar-refractivity contribution in [2.75, 3.05) is 19.0 Å². The maximum Gasteiger partial charge on any atom is 0.328 e. The summed E-state index contributed by atoms with van der Waals surface area (Å²) in [6.45, 7) is 0.676. The zero-order valence-electron chi connectivity index (χ0n) is 17.8. The van der Waals surface area contributed by atoms with Gasteiger partial charge in [-0.05, 0) is 41.6 Å². The lowest BCUT2D eigenvalue weighted by Crippen LogP contribution is -2.42. The third-order valence-electron chi connectivity index (χ3n) is 5.87. The lowest BCUT2D eigenvalue weighted by molar-refractivity contribution is -0.143. The Labute approximate surface area is 193 Å². The topological polar surface area (TPSA) is 116 Å². The number of esters is 1. The van der Waals surface area contributed by atoms with Gasteiger partial charge in [-0.2, -0.15) is 0 Å². The van der Waals surface area contributed by atoms with Crippen molar-refractivity contribution in [3.8, 4) is 16.5 Å². The predicted molar refractivity (Wildman–Crippen MR) is 127 cm³/mol. The molecule has 0 fully saturated rings. The van der Waals surface area contributed by atoms with E-state index in [1.54, 1.807) is 0 Å². The molecule has 2 aromatic carbocycles. The van der Waals surface area contributed by atoms with E-state index in [9.17, 15) is 14.7 Å². The number of anilines is 1. The molecule has 1 aliphatic heterocycles. The molecule has 2 aromatic heterocycles. The molecular formula is C24H22N4O4S. The van der Waals surface area contributed by atoms with Crippen molar-refractivity contribution in [3.63, 3.8) is 0 Å². The Balaban J connectivity index is 1.43. The minimum Gasteiger partial charge on any atom is -0.506 e. The van der Waals surface area contributed by atoms with Gasteiger partial charge in [0.15, 0.2) is 0 Å². The fraction of sp³-hybridized carbons (Fsp3) is 0.208. The number of nitrogens with zero attached hydrogens (tertiary/aromatic N) is 1. The van der Waals surface area contributed by atoms with Crippen molar-refractivity contribution >= 4 is 39.9 Å². The number of hydrogen-bond acceptors (Lipinski definition) is 7. The second kappa shape index (κ2) is 8.59. The Bertz CT molecular complexity index is 1330. The number of H-pyrrole nitrogens is 1. The van der Waals surface area contributed by atoms with Crippen LogP contribution in [0.15, 0.2) is 53.9 Å². The van der Waals surface area contributed by atoms with Gasteiger partial charge in [-0.3, -0.25) is 4.79 Å². The van der Waals surface area contributed by atoms with Crippen LogP contribution < -0.4 is 10.6 Å². The number of rotatable bonds is 6. The van der Waals surface area contributed by atoms with Gasteiger partial charge in [-0.25, -0.2) is 9.78 Å². The number of methoxy groups -OCH3 is 1. The molecule has 0 bridgehead atoms. The smallest absolute Gasteiger partial charge is 0.328 e. The Hall–Kier alpha value is -3.85. The van der Waals surface area contributed by atoms with Crippen LogP contribution in [-0.2, 0) is 9.53 Å². The van der Waals surface area contributed by atoms with Crippen LogP contribution in [0.1, 0.15) is 28.3 Å². The number of aromatic amines is 1. The number of hydrogen-bond donors (Lipinski definition) is 4. The van der Waals surface area contributed by atoms with Crippen LogP contribution in [0.2, 0.25) is 0 Å². The van der Waals surface area contributed by atoms with Crippen LogP contribution in [0.4, 0.5) is 5.69 Å². The summed E-state index contributed by atoms with van der Waals surface area (Å²) < 4.78 is 4.97. The highest BCUT2D eigenvalue weighted by Crippen LogP contribution is 2.35. The molecule has 3 heterocycles. The average molecular weight is 463 g/mol. The summed E-state index contributed by atoms with van der Waals surface area (Å²) in [5.41, 5.74) is 3.12. The van der Waals surface area contributed by atoms with E-state index in [1.807, 2.05) is 41.8 Å². The summed E-state index contributed by atoms with van der Waals surface area (Å²) in [6.07, 6.45) is 0.394. The van der Waals surface area contributed by atoms with E-state index < -0.39 is 17.9 Å². The molecule has 8 nitrogen and oxygen atoms in total. The number of benzene rings is 2. The molecule has 1 unspecified atom stereocenters. The van der Waals surface area contributed by atoms with Crippen molar-refractivity contribution in [3.05, 3.63) is 65.0 Å². The number of amides is 1. The minimum atomic E-state index is -0.833. The lowest BCUT2D eigenvalue weighted by Gasteiger charge is -2.20. The largest absolute Gasteiger partial charge is 0.506 e. The maximum atomic E-state index is 13.2. The molecule has 1 amide bonds. The summed E-state index contributed by atoms with van der Waals surface area (Å²) >= 11 is 1.50. The van der Waals surface area contributed by atoms with E-state index >= 15 is 0 Å². The number of nitrogens with one attached hydrogen (secondary N) is 3. The van der Waals surface area contributed by atoms with E-state index in [1.165, 1.54) is 30.6 Å². The van der Waals surface area contributed by atoms with Gasteiger partial charge in [-0.1, -0.05) is 24.3 Å². The van der Waals surface area contributed by atoms with E-state index in [2.05, 4.69) is 20.6 Å². The third kappa shape index (κ3) is 3.91. The number of thiophene rings is 1. The van der Waals surface area contributed by atoms with E-state index in [0.29, 0.717) is 29.8 Å². The van der Waals surface area contributed by atoms with Crippen molar-refractivity contribution in [1.29, 1.82) is 0 Å². The first kappa shape index (κ1) is 21.0. The van der Waals surface area contributed by atoms with Crippen molar-refractivity contribution in [2.24, 2.45) is 0 Å². The predicted octanol–water partition coefficient (Wildman–Crippen LogP) is 3.87. The van der Waals surface area contributed by atoms with Crippen LogP contribution in [0.3, 0.4) is 0 Å². The van der Waals surface area contributed by atoms with Gasteiger partial charge in [0.05, 0.1) is 17.6 Å². The first-order valence-corrected chi connectivity index (χ1v) is 11.4. The number of phenolic OH excluding ortho intramolecular Hbond substituents is 1. The van der Waals surface area contributed by atoms with Gasteiger partial charge < -0.3 is 25.5 Å². The number of ether oxygens (including phenoxy) is 1. The molecule has 9 heteroatoms. The van der Waals surface area contributed by atoms with Crippen molar-refractivity contribution < 1.29 is 19.4 Å². The Morgan fingerprint density at radius 3 is 2.88 bits per heavy atom. The third-order valence-corrected chi connectivity index (χ3v) is 6.75. The fourth-order valence-corrected chi connectivity index (χ4v) is 4.90. The molecule has 168 valence electrons. The maximum absolute atomic E-state index is 13.2. The second-order valence-corrected chi connectivity index (χ2v) is 8.82. The lowest BCUT2D eigenvalue weighted by atomic mass is 9.93. The number of aromatic hydroxyl groups is 1. The monoisotopic (exact) mass is 462 g/mol. The summed E-state index contributed by atoms with van der Waals surface area (Å²) in [5.74, 6) is -0.354. The van der Waals surface area contributed by atoms with Gasteiger partial charge >= 0.3 is 5.97 Å². The highest BCUT2D eigenvalue weighted by atomic mass is 32.1. The molecule has 33 heavy (non-hydrogen) atoms. The standard InChI is InChI=1S/C24H22N4O4S/c1-32-24(31)17(11-13-12-25-16-6-3-2-5-14(13)16)26-23(30)15-8-9-18(29)21-20(15)27-22(28-21)19-7-4-10-33-19/h2-10,13,17,25,29H,11-12H2,1H3,(H,26,30)(H,27,28)/t13?,17-/m0/s1. The number of aromatic nitrogens is 2. The number of imidazole rings is 1. The normalized spacial score (nSPS) is 15.6. The Morgan fingerprint density at radius 1 is 1.24 bits per heavy atom. The molecule has 0 aliphatic carbocycles. The molecule has 0 saturated carbocycles. The molecule has 2 atom stereocenters. The van der Waals surface area contributed by atoms with E-state index in [-0.39, 0.29) is 17.2 Å². The van der Waals surface area contributed by atoms with Crippen LogP contribution in [0.5, 0.6) is 5.75 Å². The summed E-state index contributed by atoms with van der Waals surface area (Å²) in [6, 6.07) is 13.9. The highest BCUT2D eigenvalue weighted by Gasteiger charge is 2.31.